The zero-order valence-electron chi connectivity index (χ0n) is 20.7. The SMILES string of the molecule is COc1ccc(C(=O)N2CCC(c3nc(C(=O)NNC(=O)Cc4ccsc4)cs3)CC2)c(OC)c1OC. The normalized spacial score (nSPS) is 13.6. The molecule has 3 amide bonds. The molecule has 4 rings (SSSR count). The summed E-state index contributed by atoms with van der Waals surface area (Å²) in [5.41, 5.74) is 6.40. The summed E-state index contributed by atoms with van der Waals surface area (Å²) in [6.07, 6.45) is 1.62. The van der Waals surface area contributed by atoms with Crippen LogP contribution in [0.3, 0.4) is 0 Å². The average Bonchev–Trinajstić information content (AvgIpc) is 3.63. The van der Waals surface area contributed by atoms with E-state index >= 15 is 0 Å². The average molecular weight is 545 g/mol. The van der Waals surface area contributed by atoms with Gasteiger partial charge < -0.3 is 19.1 Å². The van der Waals surface area contributed by atoms with Crippen LogP contribution in [0.2, 0.25) is 0 Å². The van der Waals surface area contributed by atoms with Crippen molar-refractivity contribution in [2.45, 2.75) is 25.2 Å². The number of rotatable bonds is 8. The second-order valence-electron chi connectivity index (χ2n) is 8.33. The van der Waals surface area contributed by atoms with Gasteiger partial charge in [-0.1, -0.05) is 0 Å². The molecule has 3 aromatic rings. The Labute approximate surface area is 222 Å². The second-order valence-corrected chi connectivity index (χ2v) is 10.00. The van der Waals surface area contributed by atoms with Gasteiger partial charge >= 0.3 is 0 Å². The largest absolute Gasteiger partial charge is 0.493 e. The van der Waals surface area contributed by atoms with Crippen LogP contribution in [-0.2, 0) is 11.2 Å². The highest BCUT2D eigenvalue weighted by atomic mass is 32.1. The third kappa shape index (κ3) is 6.03. The molecule has 3 heterocycles. The maximum Gasteiger partial charge on any atom is 0.289 e. The Morgan fingerprint density at radius 1 is 1.00 bits per heavy atom. The fraction of sp³-hybridized carbons (Fsp3) is 0.360. The highest BCUT2D eigenvalue weighted by Gasteiger charge is 2.30. The number of nitrogens with zero attached hydrogens (tertiary/aromatic N) is 2. The van der Waals surface area contributed by atoms with Gasteiger partial charge in [-0.3, -0.25) is 25.2 Å². The third-order valence-corrected chi connectivity index (χ3v) is 7.82. The first-order chi connectivity index (χ1) is 17.9. The van der Waals surface area contributed by atoms with Gasteiger partial charge in [0.2, 0.25) is 11.7 Å². The number of thiazole rings is 1. The number of carbonyl (C=O) groups is 3. The Bertz CT molecular complexity index is 1250. The first-order valence-electron chi connectivity index (χ1n) is 11.6. The number of thiophene rings is 1. The molecule has 1 aliphatic rings. The van der Waals surface area contributed by atoms with Gasteiger partial charge in [-0.05, 0) is 47.4 Å². The predicted octanol–water partition coefficient (Wildman–Crippen LogP) is 3.25. The number of carbonyl (C=O) groups excluding carboxylic acids is 3. The minimum atomic E-state index is -0.464. The lowest BCUT2D eigenvalue weighted by atomic mass is 9.97. The number of amides is 3. The number of ether oxygens (including phenoxy) is 3. The van der Waals surface area contributed by atoms with Gasteiger partial charge in [-0.25, -0.2) is 4.98 Å². The van der Waals surface area contributed by atoms with Crippen molar-refractivity contribution in [1.29, 1.82) is 0 Å². The van der Waals surface area contributed by atoms with Crippen LogP contribution in [0, 0.1) is 0 Å². The molecule has 0 saturated carbocycles. The number of piperidine rings is 1. The Balaban J connectivity index is 1.32. The molecule has 10 nitrogen and oxygen atoms in total. The lowest BCUT2D eigenvalue weighted by Crippen LogP contribution is -2.42. The molecule has 0 unspecified atom stereocenters. The van der Waals surface area contributed by atoms with Crippen molar-refractivity contribution in [3.8, 4) is 17.2 Å². The molecule has 37 heavy (non-hydrogen) atoms. The Morgan fingerprint density at radius 2 is 1.76 bits per heavy atom. The molecule has 1 saturated heterocycles. The number of hydrazine groups is 1. The monoisotopic (exact) mass is 544 g/mol. The summed E-state index contributed by atoms with van der Waals surface area (Å²) in [7, 11) is 4.52. The van der Waals surface area contributed by atoms with Gasteiger partial charge in [-0.15, -0.1) is 11.3 Å². The summed E-state index contributed by atoms with van der Waals surface area (Å²) in [6.45, 7) is 1.08. The molecule has 0 atom stereocenters. The molecule has 0 aliphatic carbocycles. The molecule has 2 N–H and O–H groups in total. The Hall–Kier alpha value is -3.64. The Morgan fingerprint density at radius 3 is 2.41 bits per heavy atom. The van der Waals surface area contributed by atoms with Gasteiger partial charge in [0.1, 0.15) is 5.69 Å². The van der Waals surface area contributed by atoms with Crippen LogP contribution in [0.5, 0.6) is 17.2 Å². The van der Waals surface area contributed by atoms with Crippen molar-refractivity contribution in [3.05, 3.63) is 56.2 Å². The number of methoxy groups -OCH3 is 3. The van der Waals surface area contributed by atoms with Crippen LogP contribution in [-0.4, -0.2) is 62.0 Å². The first kappa shape index (κ1) is 26.4. The second kappa shape index (κ2) is 12.1. The molecular weight excluding hydrogens is 516 g/mol. The van der Waals surface area contributed by atoms with Crippen LogP contribution in [0.1, 0.15) is 50.2 Å². The molecule has 0 radical (unpaired) electrons. The predicted molar refractivity (Wildman–Crippen MR) is 140 cm³/mol. The third-order valence-electron chi connectivity index (χ3n) is 6.08. The van der Waals surface area contributed by atoms with Crippen LogP contribution < -0.4 is 25.1 Å². The van der Waals surface area contributed by atoms with E-state index in [1.807, 2.05) is 16.8 Å². The molecule has 1 fully saturated rings. The molecule has 2 aromatic heterocycles. The highest BCUT2D eigenvalue weighted by molar-refractivity contribution is 7.10. The molecule has 12 heteroatoms. The quantitative estimate of drug-likeness (QED) is 0.418. The Kier molecular flexibility index (Phi) is 8.62. The van der Waals surface area contributed by atoms with Crippen molar-refractivity contribution in [2.75, 3.05) is 34.4 Å². The van der Waals surface area contributed by atoms with Crippen molar-refractivity contribution in [2.24, 2.45) is 0 Å². The topological polar surface area (TPSA) is 119 Å². The van der Waals surface area contributed by atoms with E-state index in [4.69, 9.17) is 14.2 Å². The zero-order chi connectivity index (χ0) is 26.4. The fourth-order valence-electron chi connectivity index (χ4n) is 4.16. The summed E-state index contributed by atoms with van der Waals surface area (Å²) in [5.74, 6) is 0.429. The summed E-state index contributed by atoms with van der Waals surface area (Å²) in [5, 5.41) is 6.30. The molecular formula is C25H28N4O6S2. The van der Waals surface area contributed by atoms with Gasteiger partial charge in [-0.2, -0.15) is 11.3 Å². The lowest BCUT2D eigenvalue weighted by Gasteiger charge is -2.31. The summed E-state index contributed by atoms with van der Waals surface area (Å²) in [4.78, 5) is 44.0. The van der Waals surface area contributed by atoms with Crippen LogP contribution >= 0.6 is 22.7 Å². The van der Waals surface area contributed by atoms with E-state index in [2.05, 4.69) is 15.8 Å². The van der Waals surface area contributed by atoms with E-state index in [1.165, 1.54) is 44.0 Å². The van der Waals surface area contributed by atoms with Gasteiger partial charge in [0.05, 0.1) is 38.3 Å². The van der Waals surface area contributed by atoms with E-state index in [0.29, 0.717) is 48.7 Å². The van der Waals surface area contributed by atoms with E-state index in [0.717, 1.165) is 10.6 Å². The van der Waals surface area contributed by atoms with Crippen LogP contribution in [0.25, 0.3) is 0 Å². The maximum atomic E-state index is 13.3. The molecule has 0 bridgehead atoms. The zero-order valence-corrected chi connectivity index (χ0v) is 22.4. The first-order valence-corrected chi connectivity index (χ1v) is 13.4. The minimum Gasteiger partial charge on any atom is -0.493 e. The van der Waals surface area contributed by atoms with Gasteiger partial charge in [0, 0.05) is 24.4 Å². The number of hydrogen-bond acceptors (Lipinski definition) is 9. The van der Waals surface area contributed by atoms with Crippen LogP contribution in [0.15, 0.2) is 34.3 Å². The van der Waals surface area contributed by atoms with Gasteiger partial charge in [0.15, 0.2) is 11.5 Å². The molecule has 1 aliphatic heterocycles. The van der Waals surface area contributed by atoms with Gasteiger partial charge in [0.25, 0.3) is 11.8 Å². The number of nitrogens with one attached hydrogen (secondary N) is 2. The van der Waals surface area contributed by atoms with Crippen LogP contribution in [0.4, 0.5) is 0 Å². The maximum absolute atomic E-state index is 13.3. The molecule has 196 valence electrons. The molecule has 0 spiro atoms. The fourth-order valence-corrected chi connectivity index (χ4v) is 5.80. The lowest BCUT2D eigenvalue weighted by molar-refractivity contribution is -0.121. The number of benzene rings is 1. The van der Waals surface area contributed by atoms with E-state index in [-0.39, 0.29) is 29.8 Å². The van der Waals surface area contributed by atoms with E-state index in [1.54, 1.807) is 22.4 Å². The van der Waals surface area contributed by atoms with Crippen molar-refractivity contribution in [3.63, 3.8) is 0 Å². The minimum absolute atomic E-state index is 0.135. The standard InChI is InChI=1S/C25H28N4O6S2/c1-33-19-5-4-17(21(34-2)22(19)35-3)25(32)29-9-6-16(7-10-29)24-26-18(14-37-24)23(31)28-27-20(30)12-15-8-11-36-13-15/h4-5,8,11,13-14,16H,6-7,9-10,12H2,1-3H3,(H,27,30)(H,28,31). The number of likely N-dealkylation sites (tertiary alicyclic amines) is 1. The molecule has 1 aromatic carbocycles. The van der Waals surface area contributed by atoms with Crippen molar-refractivity contribution < 1.29 is 28.6 Å². The number of aromatic nitrogens is 1. The summed E-state index contributed by atoms with van der Waals surface area (Å²) >= 11 is 2.92. The highest BCUT2D eigenvalue weighted by Crippen LogP contribution is 2.40. The summed E-state index contributed by atoms with van der Waals surface area (Å²) in [6, 6.07) is 5.23. The summed E-state index contributed by atoms with van der Waals surface area (Å²) < 4.78 is 16.2. The number of hydrogen-bond donors (Lipinski definition) is 2. The van der Waals surface area contributed by atoms with Crippen molar-refractivity contribution in [1.82, 2.24) is 20.7 Å². The van der Waals surface area contributed by atoms with Crippen molar-refractivity contribution >= 4 is 40.4 Å². The smallest absolute Gasteiger partial charge is 0.289 e. The van der Waals surface area contributed by atoms with E-state index < -0.39 is 5.91 Å². The van der Waals surface area contributed by atoms with E-state index in [9.17, 15) is 14.4 Å².